The fourth-order valence-electron chi connectivity index (χ4n) is 2.07. The van der Waals surface area contributed by atoms with Gasteiger partial charge in [0.05, 0.1) is 12.2 Å². The van der Waals surface area contributed by atoms with Crippen LogP contribution >= 0.6 is 0 Å². The fourth-order valence-corrected chi connectivity index (χ4v) is 3.03. The highest BCUT2D eigenvalue weighted by atomic mass is 28.4. The van der Waals surface area contributed by atoms with E-state index >= 15 is 0 Å². The standard InChI is InChI=1S/C20H26F3NOSi/c1-19(2,3)26(4,5)25-14-15-6-10-17(11-7-15)24-18-12-8-16(9-13-18)20(21,22)23/h6-13,24H,14H2,1-5H3. The average molecular weight is 382 g/mol. The van der Waals surface area contributed by atoms with E-state index in [0.29, 0.717) is 12.3 Å². The predicted octanol–water partition coefficient (Wildman–Crippen LogP) is 6.97. The number of alkyl halides is 3. The number of nitrogens with one attached hydrogen (secondary N) is 1. The summed E-state index contributed by atoms with van der Waals surface area (Å²) in [5.74, 6) is 0. The minimum atomic E-state index is -4.32. The van der Waals surface area contributed by atoms with E-state index in [1.54, 1.807) is 0 Å². The summed E-state index contributed by atoms with van der Waals surface area (Å²) in [5.41, 5.74) is 1.86. The van der Waals surface area contributed by atoms with Crippen molar-refractivity contribution in [2.24, 2.45) is 0 Å². The molecule has 0 fully saturated rings. The molecule has 142 valence electrons. The van der Waals surface area contributed by atoms with Gasteiger partial charge in [-0.15, -0.1) is 0 Å². The highest BCUT2D eigenvalue weighted by Gasteiger charge is 2.37. The molecule has 0 spiro atoms. The second-order valence-electron chi connectivity index (χ2n) is 7.95. The van der Waals surface area contributed by atoms with Crippen LogP contribution in [-0.4, -0.2) is 8.32 Å². The van der Waals surface area contributed by atoms with Crippen LogP contribution in [0.1, 0.15) is 31.9 Å². The van der Waals surface area contributed by atoms with E-state index in [0.717, 1.165) is 23.4 Å². The zero-order valence-electron chi connectivity index (χ0n) is 15.9. The summed E-state index contributed by atoms with van der Waals surface area (Å²) in [5, 5.41) is 3.27. The van der Waals surface area contributed by atoms with Crippen LogP contribution in [0.4, 0.5) is 24.5 Å². The lowest BCUT2D eigenvalue weighted by Crippen LogP contribution is -2.40. The molecule has 2 rings (SSSR count). The molecule has 0 saturated heterocycles. The zero-order valence-corrected chi connectivity index (χ0v) is 16.9. The van der Waals surface area contributed by atoms with E-state index in [9.17, 15) is 13.2 Å². The molecule has 2 aromatic rings. The van der Waals surface area contributed by atoms with Gasteiger partial charge in [0.1, 0.15) is 0 Å². The largest absolute Gasteiger partial charge is 0.416 e. The van der Waals surface area contributed by atoms with Crippen molar-refractivity contribution in [3.8, 4) is 0 Å². The van der Waals surface area contributed by atoms with Gasteiger partial charge in [-0.1, -0.05) is 32.9 Å². The molecule has 0 aliphatic rings. The molecule has 26 heavy (non-hydrogen) atoms. The number of halogens is 3. The first-order valence-electron chi connectivity index (χ1n) is 8.56. The summed E-state index contributed by atoms with van der Waals surface area (Å²) >= 11 is 0. The van der Waals surface area contributed by atoms with Crippen molar-refractivity contribution in [1.82, 2.24) is 0 Å². The van der Waals surface area contributed by atoms with Gasteiger partial charge in [0.15, 0.2) is 8.32 Å². The Hall–Kier alpha value is -1.79. The number of rotatable bonds is 5. The lowest BCUT2D eigenvalue weighted by molar-refractivity contribution is -0.137. The Morgan fingerprint density at radius 1 is 0.846 bits per heavy atom. The third kappa shape index (κ3) is 5.35. The highest BCUT2D eigenvalue weighted by Crippen LogP contribution is 2.37. The molecule has 2 aromatic carbocycles. The Balaban J connectivity index is 1.97. The van der Waals surface area contributed by atoms with E-state index in [-0.39, 0.29) is 5.04 Å². The van der Waals surface area contributed by atoms with E-state index in [1.165, 1.54) is 12.1 Å². The number of hydrogen-bond donors (Lipinski definition) is 1. The Bertz CT molecular complexity index is 717. The summed E-state index contributed by atoms with van der Waals surface area (Å²) in [6.07, 6.45) is -4.32. The molecule has 0 aliphatic heterocycles. The molecule has 0 amide bonds. The van der Waals surface area contributed by atoms with Crippen LogP contribution in [-0.2, 0) is 17.2 Å². The van der Waals surface area contributed by atoms with Crippen molar-refractivity contribution in [3.05, 3.63) is 59.7 Å². The van der Waals surface area contributed by atoms with Crippen LogP contribution in [0.5, 0.6) is 0 Å². The second-order valence-corrected chi connectivity index (χ2v) is 12.8. The summed E-state index contributed by atoms with van der Waals surface area (Å²) < 4.78 is 44.0. The van der Waals surface area contributed by atoms with Gasteiger partial charge in [0.2, 0.25) is 0 Å². The molecule has 0 bridgehead atoms. The highest BCUT2D eigenvalue weighted by molar-refractivity contribution is 6.74. The Morgan fingerprint density at radius 3 is 1.73 bits per heavy atom. The second kappa shape index (κ2) is 7.45. The van der Waals surface area contributed by atoms with Gasteiger partial charge in [-0.05, 0) is 60.1 Å². The summed E-state index contributed by atoms with van der Waals surface area (Å²) in [6.45, 7) is 11.6. The molecule has 0 unspecified atom stereocenters. The molecule has 0 radical (unpaired) electrons. The molecular weight excluding hydrogens is 355 g/mol. The average Bonchev–Trinajstić information content (AvgIpc) is 2.53. The van der Waals surface area contributed by atoms with Gasteiger partial charge >= 0.3 is 6.18 Å². The number of anilines is 2. The van der Waals surface area contributed by atoms with Crippen LogP contribution in [0.3, 0.4) is 0 Å². The quantitative estimate of drug-likeness (QED) is 0.565. The molecule has 0 aliphatic carbocycles. The van der Waals surface area contributed by atoms with E-state index in [1.807, 2.05) is 24.3 Å². The summed E-state index contributed by atoms with van der Waals surface area (Å²) in [6, 6.07) is 12.8. The van der Waals surface area contributed by atoms with Crippen molar-refractivity contribution in [1.29, 1.82) is 0 Å². The van der Waals surface area contributed by atoms with Gasteiger partial charge in [-0.2, -0.15) is 13.2 Å². The van der Waals surface area contributed by atoms with Crippen molar-refractivity contribution in [2.75, 3.05) is 5.32 Å². The van der Waals surface area contributed by atoms with Crippen LogP contribution in [0.2, 0.25) is 18.1 Å². The number of benzene rings is 2. The molecule has 6 heteroatoms. The van der Waals surface area contributed by atoms with Crippen molar-refractivity contribution < 1.29 is 17.6 Å². The summed E-state index contributed by atoms with van der Waals surface area (Å²) in [4.78, 5) is 0. The van der Waals surface area contributed by atoms with Crippen molar-refractivity contribution in [2.45, 2.75) is 51.7 Å². The Kier molecular flexibility index (Phi) is 5.88. The zero-order chi connectivity index (χ0) is 19.6. The minimum Gasteiger partial charge on any atom is -0.413 e. The van der Waals surface area contributed by atoms with E-state index in [2.05, 4.69) is 39.2 Å². The molecule has 0 saturated carbocycles. The molecule has 0 aromatic heterocycles. The van der Waals surface area contributed by atoms with Crippen LogP contribution in [0.25, 0.3) is 0 Å². The van der Waals surface area contributed by atoms with E-state index < -0.39 is 20.1 Å². The van der Waals surface area contributed by atoms with Crippen molar-refractivity contribution in [3.63, 3.8) is 0 Å². The van der Waals surface area contributed by atoms with Crippen LogP contribution in [0.15, 0.2) is 48.5 Å². The lowest BCUT2D eigenvalue weighted by Gasteiger charge is -2.36. The molecule has 0 heterocycles. The van der Waals surface area contributed by atoms with Gasteiger partial charge in [-0.3, -0.25) is 0 Å². The van der Waals surface area contributed by atoms with Crippen molar-refractivity contribution >= 4 is 19.7 Å². The van der Waals surface area contributed by atoms with Crippen LogP contribution < -0.4 is 5.32 Å². The first-order chi connectivity index (χ1) is 11.9. The van der Waals surface area contributed by atoms with Gasteiger partial charge in [-0.25, -0.2) is 0 Å². The van der Waals surface area contributed by atoms with Gasteiger partial charge in [0, 0.05) is 11.4 Å². The maximum absolute atomic E-state index is 12.6. The normalized spacial score (nSPS) is 12.9. The monoisotopic (exact) mass is 381 g/mol. The van der Waals surface area contributed by atoms with Gasteiger partial charge in [0.25, 0.3) is 0 Å². The van der Waals surface area contributed by atoms with E-state index in [4.69, 9.17) is 4.43 Å². The molecule has 1 N–H and O–H groups in total. The molecular formula is C20H26F3NOSi. The fraction of sp³-hybridized carbons (Fsp3) is 0.400. The predicted molar refractivity (Wildman–Crippen MR) is 103 cm³/mol. The lowest BCUT2D eigenvalue weighted by atomic mass is 10.2. The third-order valence-corrected chi connectivity index (χ3v) is 9.34. The minimum absolute atomic E-state index is 0.164. The summed E-state index contributed by atoms with van der Waals surface area (Å²) in [7, 11) is -1.79. The first kappa shape index (κ1) is 20.5. The smallest absolute Gasteiger partial charge is 0.413 e. The van der Waals surface area contributed by atoms with Crippen LogP contribution in [0, 0.1) is 0 Å². The maximum Gasteiger partial charge on any atom is 0.416 e. The SMILES string of the molecule is CC(C)(C)[Si](C)(C)OCc1ccc(Nc2ccc(C(F)(F)F)cc2)cc1. The Morgan fingerprint density at radius 2 is 1.31 bits per heavy atom. The Labute approximate surface area is 154 Å². The molecule has 2 nitrogen and oxygen atoms in total. The number of hydrogen-bond acceptors (Lipinski definition) is 2. The molecule has 0 atom stereocenters. The maximum atomic E-state index is 12.6. The third-order valence-electron chi connectivity index (χ3n) is 4.86. The first-order valence-corrected chi connectivity index (χ1v) is 11.5. The topological polar surface area (TPSA) is 21.3 Å². The van der Waals surface area contributed by atoms with Gasteiger partial charge < -0.3 is 9.74 Å².